The lowest BCUT2D eigenvalue weighted by Gasteiger charge is -2.17. The van der Waals surface area contributed by atoms with Crippen LogP contribution >= 0.6 is 11.8 Å². The van der Waals surface area contributed by atoms with Crippen LogP contribution < -0.4 is 5.73 Å². The topological polar surface area (TPSA) is 132 Å². The van der Waals surface area contributed by atoms with E-state index in [1.54, 1.807) is 16.3 Å². The van der Waals surface area contributed by atoms with Gasteiger partial charge < -0.3 is 29.8 Å². The van der Waals surface area contributed by atoms with Crippen molar-refractivity contribution in [3.8, 4) is 22.5 Å². The Balaban J connectivity index is 1.15. The highest BCUT2D eigenvalue weighted by Gasteiger charge is 2.44. The summed E-state index contributed by atoms with van der Waals surface area (Å²) >= 11 is 1.59. The summed E-state index contributed by atoms with van der Waals surface area (Å²) in [7, 11) is 0. The Labute approximate surface area is 246 Å². The first-order valence-corrected chi connectivity index (χ1v) is 14.8. The van der Waals surface area contributed by atoms with E-state index in [0.29, 0.717) is 28.4 Å². The number of aliphatic hydroxyl groups is 2. The van der Waals surface area contributed by atoms with E-state index in [1.807, 2.05) is 61.7 Å². The monoisotopic (exact) mass is 579 g/mol. The number of hydrogen-bond donors (Lipinski definition) is 3. The average Bonchev–Trinajstić information content (AvgIpc) is 3.67. The molecule has 1 fully saturated rings. The van der Waals surface area contributed by atoms with Crippen LogP contribution in [0.25, 0.3) is 44.3 Å². The van der Waals surface area contributed by atoms with Crippen LogP contribution in [0.4, 0.5) is 5.82 Å². The van der Waals surface area contributed by atoms with Crippen LogP contribution in [0.2, 0.25) is 0 Å². The maximum Gasteiger partial charge on any atom is 0.171 e. The number of hydrogen-bond acceptors (Lipinski definition) is 9. The van der Waals surface area contributed by atoms with E-state index in [2.05, 4.69) is 39.4 Å². The number of fused-ring (bicyclic) bond motifs is 2. The second-order valence-corrected chi connectivity index (χ2v) is 11.5. The minimum Gasteiger partial charge on any atom is -0.387 e. The molecule has 4 atom stereocenters. The molecule has 1 aliphatic heterocycles. The van der Waals surface area contributed by atoms with Crippen LogP contribution in [-0.2, 0) is 10.5 Å². The van der Waals surface area contributed by atoms with Crippen LogP contribution in [0, 0.1) is 6.92 Å². The smallest absolute Gasteiger partial charge is 0.171 e. The van der Waals surface area contributed by atoms with Gasteiger partial charge in [0.15, 0.2) is 12.0 Å². The Morgan fingerprint density at radius 1 is 0.929 bits per heavy atom. The lowest BCUT2D eigenvalue weighted by atomic mass is 10.0. The molecule has 10 heteroatoms. The molecule has 42 heavy (non-hydrogen) atoms. The first-order valence-electron chi connectivity index (χ1n) is 13.7. The molecule has 3 aromatic carbocycles. The summed E-state index contributed by atoms with van der Waals surface area (Å²) in [6, 6.07) is 24.2. The molecule has 7 rings (SSSR count). The lowest BCUT2D eigenvalue weighted by Crippen LogP contribution is -2.32. The van der Waals surface area contributed by atoms with E-state index in [0.717, 1.165) is 44.5 Å². The summed E-state index contributed by atoms with van der Waals surface area (Å²) in [6.45, 7) is 1.92. The highest BCUT2D eigenvalue weighted by Crippen LogP contribution is 2.40. The van der Waals surface area contributed by atoms with Crippen molar-refractivity contribution in [1.29, 1.82) is 0 Å². The molecule has 0 radical (unpaired) electrons. The fraction of sp³-hybridized carbons (Fsp3) is 0.219. The summed E-state index contributed by atoms with van der Waals surface area (Å²) in [5.74, 6) is 2.15. The van der Waals surface area contributed by atoms with Gasteiger partial charge >= 0.3 is 0 Å². The first kappa shape index (κ1) is 26.7. The molecule has 4 N–H and O–H groups in total. The van der Waals surface area contributed by atoms with Crippen LogP contribution in [-0.4, -0.2) is 54.0 Å². The summed E-state index contributed by atoms with van der Waals surface area (Å²) in [5, 5.41) is 29.2. The van der Waals surface area contributed by atoms with Crippen molar-refractivity contribution in [3.05, 3.63) is 96.6 Å². The Morgan fingerprint density at radius 3 is 2.55 bits per heavy atom. The zero-order valence-electron chi connectivity index (χ0n) is 22.8. The number of ether oxygens (including phenoxy) is 1. The van der Waals surface area contributed by atoms with E-state index in [1.165, 1.54) is 6.33 Å². The number of aryl methyl sites for hydroxylation is 1. The van der Waals surface area contributed by atoms with Crippen molar-refractivity contribution >= 4 is 39.4 Å². The number of nitrogens with two attached hydrogens (primary N) is 1. The standard InChI is InChI=1S/C32H29N5O4S/c1-18-24(29(41-36-18)20-8-3-2-4-9-20)15-42-16-25-27(38)28(39)32(40-25)37-14-23(26-30(33)34-17-35-31(26)37)22-12-11-19-7-5-6-10-21(19)13-22/h2-14,17,25,27-28,32,38-39H,15-16H2,1H3,(H2,33,34,35)/t25-,27-,28-,32-/m1/s1. The molecule has 0 aliphatic carbocycles. The molecular weight excluding hydrogens is 550 g/mol. The molecule has 4 heterocycles. The zero-order chi connectivity index (χ0) is 28.8. The number of nitrogens with zero attached hydrogens (tertiary/aromatic N) is 4. The van der Waals surface area contributed by atoms with E-state index in [4.69, 9.17) is 15.0 Å². The van der Waals surface area contributed by atoms with Gasteiger partial charge in [0.2, 0.25) is 0 Å². The molecule has 212 valence electrons. The minimum atomic E-state index is -1.16. The number of nitrogen functional groups attached to an aromatic ring is 1. The third-order valence-electron chi connectivity index (χ3n) is 7.86. The van der Waals surface area contributed by atoms with Gasteiger partial charge in [0, 0.05) is 34.4 Å². The molecule has 1 aliphatic rings. The van der Waals surface area contributed by atoms with Crippen molar-refractivity contribution in [2.75, 3.05) is 11.5 Å². The van der Waals surface area contributed by atoms with E-state index in [-0.39, 0.29) is 0 Å². The van der Waals surface area contributed by atoms with Crippen LogP contribution in [0.3, 0.4) is 0 Å². The summed E-state index contributed by atoms with van der Waals surface area (Å²) in [6.07, 6.45) is -0.424. The van der Waals surface area contributed by atoms with E-state index < -0.39 is 24.5 Å². The van der Waals surface area contributed by atoms with Crippen molar-refractivity contribution < 1.29 is 19.5 Å². The molecule has 1 saturated heterocycles. The SMILES string of the molecule is Cc1noc(-c2ccccc2)c1CSC[C@H]1O[C@@H](n2cc(-c3ccc4ccccc4c3)c3c(N)ncnc32)[C@H](O)[C@@H]1O. The molecule has 9 nitrogen and oxygen atoms in total. The predicted molar refractivity (Wildman–Crippen MR) is 164 cm³/mol. The number of aliphatic hydroxyl groups excluding tert-OH is 2. The quantitative estimate of drug-likeness (QED) is 0.229. The number of rotatable bonds is 7. The summed E-state index contributed by atoms with van der Waals surface area (Å²) < 4.78 is 13.7. The molecule has 0 bridgehead atoms. The van der Waals surface area contributed by atoms with Gasteiger partial charge in [-0.3, -0.25) is 0 Å². The van der Waals surface area contributed by atoms with Crippen molar-refractivity contribution in [2.24, 2.45) is 0 Å². The molecule has 0 saturated carbocycles. The van der Waals surface area contributed by atoms with Gasteiger partial charge in [-0.1, -0.05) is 71.9 Å². The maximum atomic E-state index is 11.1. The third-order valence-corrected chi connectivity index (χ3v) is 8.92. The summed E-state index contributed by atoms with van der Waals surface area (Å²) in [5.41, 5.74) is 11.4. The van der Waals surface area contributed by atoms with Gasteiger partial charge in [-0.05, 0) is 29.3 Å². The second kappa shape index (κ2) is 10.9. The van der Waals surface area contributed by atoms with Gasteiger partial charge in [-0.25, -0.2) is 9.97 Å². The highest BCUT2D eigenvalue weighted by atomic mass is 32.2. The average molecular weight is 580 g/mol. The van der Waals surface area contributed by atoms with Gasteiger partial charge in [-0.15, -0.1) is 0 Å². The normalized spacial score (nSPS) is 20.5. The highest BCUT2D eigenvalue weighted by molar-refractivity contribution is 7.98. The Bertz CT molecular complexity index is 1890. The molecule has 3 aromatic heterocycles. The van der Waals surface area contributed by atoms with Crippen molar-refractivity contribution in [3.63, 3.8) is 0 Å². The fourth-order valence-electron chi connectivity index (χ4n) is 5.63. The molecule has 0 unspecified atom stereocenters. The van der Waals surface area contributed by atoms with Crippen LogP contribution in [0.1, 0.15) is 17.5 Å². The van der Waals surface area contributed by atoms with E-state index in [9.17, 15) is 10.2 Å². The van der Waals surface area contributed by atoms with Gasteiger partial charge in [0.1, 0.15) is 30.0 Å². The largest absolute Gasteiger partial charge is 0.387 e. The van der Waals surface area contributed by atoms with Gasteiger partial charge in [0.05, 0.1) is 17.2 Å². The fourth-order valence-corrected chi connectivity index (χ4v) is 6.80. The molecular formula is C32H29N5O4S. The third kappa shape index (κ3) is 4.62. The number of thioether (sulfide) groups is 1. The summed E-state index contributed by atoms with van der Waals surface area (Å²) in [4.78, 5) is 8.73. The van der Waals surface area contributed by atoms with Gasteiger partial charge in [-0.2, -0.15) is 11.8 Å². The maximum absolute atomic E-state index is 11.1. The Morgan fingerprint density at radius 2 is 1.71 bits per heavy atom. The lowest BCUT2D eigenvalue weighted by molar-refractivity contribution is -0.0285. The second-order valence-electron chi connectivity index (χ2n) is 10.5. The minimum absolute atomic E-state index is 0.334. The van der Waals surface area contributed by atoms with Crippen LogP contribution in [0.15, 0.2) is 89.8 Å². The van der Waals surface area contributed by atoms with Crippen molar-refractivity contribution in [1.82, 2.24) is 19.7 Å². The van der Waals surface area contributed by atoms with Crippen molar-refractivity contribution in [2.45, 2.75) is 37.2 Å². The number of anilines is 1. The zero-order valence-corrected chi connectivity index (χ0v) is 23.6. The number of aromatic nitrogens is 4. The van der Waals surface area contributed by atoms with Crippen LogP contribution in [0.5, 0.6) is 0 Å². The van der Waals surface area contributed by atoms with Gasteiger partial charge in [0.25, 0.3) is 0 Å². The molecule has 6 aromatic rings. The Hall–Kier alpha value is -4.22. The molecule has 0 spiro atoms. The van der Waals surface area contributed by atoms with E-state index >= 15 is 0 Å². The Kier molecular flexibility index (Phi) is 6.91. The predicted octanol–water partition coefficient (Wildman–Crippen LogP) is 5.35. The first-order chi connectivity index (χ1) is 20.5. The molecule has 0 amide bonds. The number of benzene rings is 3.